The Labute approximate surface area is 153 Å². The first kappa shape index (κ1) is 19.7. The maximum Gasteiger partial charge on any atom is 0.414 e. The number of carbonyl (C=O) groups is 2. The van der Waals surface area contributed by atoms with Gasteiger partial charge in [0, 0.05) is 12.1 Å². The van der Waals surface area contributed by atoms with Crippen molar-refractivity contribution in [1.29, 1.82) is 0 Å². The summed E-state index contributed by atoms with van der Waals surface area (Å²) in [4.78, 5) is 25.2. The third-order valence-electron chi connectivity index (χ3n) is 3.48. The van der Waals surface area contributed by atoms with E-state index in [1.807, 2.05) is 13.8 Å². The van der Waals surface area contributed by atoms with Gasteiger partial charge in [-0.3, -0.25) is 4.90 Å². The monoisotopic (exact) mass is 365 g/mol. The smallest absolute Gasteiger partial charge is 0.414 e. The van der Waals surface area contributed by atoms with Crippen LogP contribution in [0.1, 0.15) is 34.6 Å². The first-order chi connectivity index (χ1) is 12.0. The number of phenolic OH excluding ortho intramolecular Hbond substituents is 1. The molecule has 2 amide bonds. The molecule has 1 aromatic rings. The maximum absolute atomic E-state index is 12.1. The minimum Gasteiger partial charge on any atom is -0.506 e. The number of benzene rings is 1. The quantitative estimate of drug-likeness (QED) is 0.694. The Morgan fingerprint density at radius 1 is 1.42 bits per heavy atom. The lowest BCUT2D eigenvalue weighted by Crippen LogP contribution is -2.38. The summed E-state index contributed by atoms with van der Waals surface area (Å²) in [5.41, 5.74) is 0.534. The van der Waals surface area contributed by atoms with Crippen LogP contribution in [0.5, 0.6) is 5.75 Å². The molecule has 8 heteroatoms. The molecule has 0 aromatic heterocycles. The van der Waals surface area contributed by atoms with E-state index >= 15 is 0 Å². The molecule has 0 bridgehead atoms. The van der Waals surface area contributed by atoms with Crippen molar-refractivity contribution >= 4 is 23.6 Å². The summed E-state index contributed by atoms with van der Waals surface area (Å²) in [6.45, 7) is 9.67. The molecule has 1 atom stereocenters. The molecule has 26 heavy (non-hydrogen) atoms. The second kappa shape index (κ2) is 7.72. The zero-order chi connectivity index (χ0) is 19.5. The number of anilines is 2. The number of aromatic hydroxyl groups is 1. The lowest BCUT2D eigenvalue weighted by Gasteiger charge is -2.20. The number of hydrogen-bond donors (Lipinski definition) is 3. The van der Waals surface area contributed by atoms with E-state index in [-0.39, 0.29) is 24.9 Å². The van der Waals surface area contributed by atoms with Crippen LogP contribution in [0.15, 0.2) is 18.2 Å². The molecule has 0 spiro atoms. The number of phenols is 1. The Morgan fingerprint density at radius 2 is 2.12 bits per heavy atom. The summed E-state index contributed by atoms with van der Waals surface area (Å²) in [5, 5.41) is 15.8. The van der Waals surface area contributed by atoms with Crippen LogP contribution < -0.4 is 15.5 Å². The van der Waals surface area contributed by atoms with Crippen LogP contribution in [0.4, 0.5) is 21.0 Å². The standard InChI is InChI=1S/C18H27N3O5/c1-11(2)20-14-7-6-12(8-15(14)22)21-10-13(25-17(21)24)9-19-16(23)26-18(3,4)5/h6-8,11,13,20,22H,9-10H2,1-5H3,(H,19,23)/t13-/m0/s1. The highest BCUT2D eigenvalue weighted by molar-refractivity contribution is 5.90. The minimum absolute atomic E-state index is 0.0549. The molecule has 1 heterocycles. The van der Waals surface area contributed by atoms with Crippen molar-refractivity contribution in [2.75, 3.05) is 23.3 Å². The van der Waals surface area contributed by atoms with Crippen molar-refractivity contribution in [3.8, 4) is 5.75 Å². The molecule has 0 saturated carbocycles. The van der Waals surface area contributed by atoms with Gasteiger partial charge in [0.05, 0.1) is 24.5 Å². The lowest BCUT2D eigenvalue weighted by molar-refractivity contribution is 0.0496. The zero-order valence-electron chi connectivity index (χ0n) is 15.8. The number of amides is 2. The summed E-state index contributed by atoms with van der Waals surface area (Å²) >= 11 is 0. The largest absolute Gasteiger partial charge is 0.506 e. The molecule has 0 radical (unpaired) electrons. The van der Waals surface area contributed by atoms with Crippen molar-refractivity contribution < 1.29 is 24.2 Å². The molecular formula is C18H27N3O5. The Hall–Kier alpha value is -2.64. The number of ether oxygens (including phenoxy) is 2. The highest BCUT2D eigenvalue weighted by Crippen LogP contribution is 2.31. The Morgan fingerprint density at radius 3 is 2.69 bits per heavy atom. The van der Waals surface area contributed by atoms with E-state index in [2.05, 4.69) is 10.6 Å². The van der Waals surface area contributed by atoms with E-state index in [0.717, 1.165) is 0 Å². The van der Waals surface area contributed by atoms with E-state index in [1.54, 1.807) is 32.9 Å². The van der Waals surface area contributed by atoms with Crippen LogP contribution in [0, 0.1) is 0 Å². The van der Waals surface area contributed by atoms with Crippen LogP contribution in [-0.2, 0) is 9.47 Å². The molecule has 3 N–H and O–H groups in total. The second-order valence-electron chi connectivity index (χ2n) is 7.50. The molecular weight excluding hydrogens is 338 g/mol. The van der Waals surface area contributed by atoms with Crippen molar-refractivity contribution in [3.05, 3.63) is 18.2 Å². The fraction of sp³-hybridized carbons (Fsp3) is 0.556. The predicted molar refractivity (Wildman–Crippen MR) is 98.7 cm³/mol. The highest BCUT2D eigenvalue weighted by atomic mass is 16.6. The normalized spacial score (nSPS) is 17.2. The molecule has 2 rings (SSSR count). The fourth-order valence-corrected chi connectivity index (χ4v) is 2.47. The van der Waals surface area contributed by atoms with Crippen molar-refractivity contribution in [1.82, 2.24) is 5.32 Å². The Bertz CT molecular complexity index is 669. The van der Waals surface area contributed by atoms with Crippen LogP contribution in [0.25, 0.3) is 0 Å². The zero-order valence-corrected chi connectivity index (χ0v) is 15.8. The molecule has 1 fully saturated rings. The van der Waals surface area contributed by atoms with E-state index in [9.17, 15) is 14.7 Å². The molecule has 1 aliphatic heterocycles. The van der Waals surface area contributed by atoms with Gasteiger partial charge in [-0.25, -0.2) is 9.59 Å². The van der Waals surface area contributed by atoms with E-state index in [0.29, 0.717) is 11.4 Å². The summed E-state index contributed by atoms with van der Waals surface area (Å²) in [5.74, 6) is 0.0549. The van der Waals surface area contributed by atoms with Gasteiger partial charge in [-0.05, 0) is 46.8 Å². The summed E-state index contributed by atoms with van der Waals surface area (Å²) in [6, 6.07) is 5.13. The highest BCUT2D eigenvalue weighted by Gasteiger charge is 2.33. The van der Waals surface area contributed by atoms with Gasteiger partial charge in [0.1, 0.15) is 17.5 Å². The molecule has 0 unspecified atom stereocenters. The second-order valence-corrected chi connectivity index (χ2v) is 7.50. The number of rotatable bonds is 5. The number of cyclic esters (lactones) is 1. The molecule has 1 aliphatic rings. The van der Waals surface area contributed by atoms with Crippen molar-refractivity contribution in [3.63, 3.8) is 0 Å². The van der Waals surface area contributed by atoms with E-state index in [4.69, 9.17) is 9.47 Å². The van der Waals surface area contributed by atoms with Gasteiger partial charge in [-0.1, -0.05) is 0 Å². The van der Waals surface area contributed by atoms with Gasteiger partial charge in [0.25, 0.3) is 0 Å². The average molecular weight is 365 g/mol. The van der Waals surface area contributed by atoms with E-state index < -0.39 is 23.9 Å². The summed E-state index contributed by atoms with van der Waals surface area (Å²) in [6.07, 6.45) is -1.58. The third kappa shape index (κ3) is 5.44. The number of nitrogens with zero attached hydrogens (tertiary/aromatic N) is 1. The van der Waals surface area contributed by atoms with Gasteiger partial charge < -0.3 is 25.2 Å². The Balaban J connectivity index is 1.95. The molecule has 8 nitrogen and oxygen atoms in total. The average Bonchev–Trinajstić information content (AvgIpc) is 2.86. The molecule has 1 saturated heterocycles. The predicted octanol–water partition coefficient (Wildman–Crippen LogP) is 3.06. The van der Waals surface area contributed by atoms with Crippen molar-refractivity contribution in [2.24, 2.45) is 0 Å². The first-order valence-corrected chi connectivity index (χ1v) is 8.59. The van der Waals surface area contributed by atoms with Crippen molar-refractivity contribution in [2.45, 2.75) is 52.4 Å². The number of alkyl carbamates (subject to hydrolysis) is 1. The first-order valence-electron chi connectivity index (χ1n) is 8.59. The van der Waals surface area contributed by atoms with Crippen LogP contribution >= 0.6 is 0 Å². The summed E-state index contributed by atoms with van der Waals surface area (Å²) in [7, 11) is 0. The molecule has 0 aliphatic carbocycles. The van der Waals surface area contributed by atoms with Crippen LogP contribution in [0.3, 0.4) is 0 Å². The third-order valence-corrected chi connectivity index (χ3v) is 3.48. The van der Waals surface area contributed by atoms with Crippen LogP contribution in [0.2, 0.25) is 0 Å². The maximum atomic E-state index is 12.1. The van der Waals surface area contributed by atoms with Crippen LogP contribution in [-0.4, -0.2) is 48.1 Å². The Kier molecular flexibility index (Phi) is 5.84. The number of hydrogen-bond acceptors (Lipinski definition) is 6. The van der Waals surface area contributed by atoms with Gasteiger partial charge in [0.15, 0.2) is 0 Å². The van der Waals surface area contributed by atoms with Gasteiger partial charge in [-0.15, -0.1) is 0 Å². The molecule has 144 valence electrons. The van der Waals surface area contributed by atoms with Gasteiger partial charge in [0.2, 0.25) is 0 Å². The van der Waals surface area contributed by atoms with Gasteiger partial charge in [-0.2, -0.15) is 0 Å². The summed E-state index contributed by atoms with van der Waals surface area (Å²) < 4.78 is 10.4. The van der Waals surface area contributed by atoms with Gasteiger partial charge >= 0.3 is 12.2 Å². The fourth-order valence-electron chi connectivity index (χ4n) is 2.47. The lowest BCUT2D eigenvalue weighted by atomic mass is 10.2. The topological polar surface area (TPSA) is 100 Å². The number of nitrogens with one attached hydrogen (secondary N) is 2. The minimum atomic E-state index is -0.592. The van der Waals surface area contributed by atoms with E-state index in [1.165, 1.54) is 11.0 Å². The number of carbonyl (C=O) groups excluding carboxylic acids is 2. The molecule has 1 aromatic carbocycles. The SMILES string of the molecule is CC(C)Nc1ccc(N2C[C@H](CNC(=O)OC(C)(C)C)OC2=O)cc1O.